The summed E-state index contributed by atoms with van der Waals surface area (Å²) in [5.74, 6) is -0.319. The van der Waals surface area contributed by atoms with Crippen molar-refractivity contribution in [2.75, 3.05) is 39.6 Å². The van der Waals surface area contributed by atoms with E-state index < -0.39 is 0 Å². The molecule has 1 aromatic heterocycles. The molecule has 160 valence electrons. The molecule has 0 saturated carbocycles. The summed E-state index contributed by atoms with van der Waals surface area (Å²) in [5.41, 5.74) is 2.78. The minimum atomic E-state index is -0.166. The molecular formula is C21H31N3O5. The lowest BCUT2D eigenvalue weighted by atomic mass is 9.75. The Labute approximate surface area is 171 Å². The lowest BCUT2D eigenvalue weighted by Crippen LogP contribution is -2.40. The van der Waals surface area contributed by atoms with E-state index >= 15 is 0 Å². The first-order valence-electron chi connectivity index (χ1n) is 10.8. The van der Waals surface area contributed by atoms with Crippen LogP contribution in [0.1, 0.15) is 54.4 Å². The van der Waals surface area contributed by atoms with Crippen molar-refractivity contribution in [3.8, 4) is 0 Å². The molecule has 1 amide bonds. The van der Waals surface area contributed by atoms with Gasteiger partial charge in [0, 0.05) is 38.5 Å². The Kier molecular flexibility index (Phi) is 6.20. The van der Waals surface area contributed by atoms with Gasteiger partial charge in [0.1, 0.15) is 5.69 Å². The van der Waals surface area contributed by atoms with Gasteiger partial charge in [-0.2, -0.15) is 5.10 Å². The number of amides is 1. The summed E-state index contributed by atoms with van der Waals surface area (Å²) in [7, 11) is 0. The summed E-state index contributed by atoms with van der Waals surface area (Å²) in [5, 5.41) is 7.86. The van der Waals surface area contributed by atoms with Crippen molar-refractivity contribution in [3.05, 3.63) is 17.0 Å². The highest BCUT2D eigenvalue weighted by Gasteiger charge is 2.39. The van der Waals surface area contributed by atoms with Crippen molar-refractivity contribution in [2.45, 2.75) is 52.0 Å². The third-order valence-electron chi connectivity index (χ3n) is 6.44. The monoisotopic (exact) mass is 405 g/mol. The second kappa shape index (κ2) is 8.83. The van der Waals surface area contributed by atoms with Crippen LogP contribution in [0.4, 0.5) is 0 Å². The highest BCUT2D eigenvalue weighted by molar-refractivity contribution is 5.94. The summed E-state index contributed by atoms with van der Waals surface area (Å²) in [6.07, 6.45) is 4.88. The van der Waals surface area contributed by atoms with Crippen molar-refractivity contribution in [1.29, 1.82) is 0 Å². The third kappa shape index (κ3) is 4.33. The van der Waals surface area contributed by atoms with E-state index in [1.165, 1.54) is 0 Å². The molecule has 4 rings (SSSR count). The Bertz CT molecular complexity index is 748. The smallest absolute Gasteiger partial charge is 0.311 e. The molecule has 2 saturated heterocycles. The molecule has 0 radical (unpaired) electrons. The number of fused-ring (bicyclic) bond motifs is 1. The van der Waals surface area contributed by atoms with Gasteiger partial charge in [0.05, 0.1) is 24.8 Å². The average Bonchev–Trinajstić information content (AvgIpc) is 3.36. The molecule has 2 fully saturated rings. The van der Waals surface area contributed by atoms with Gasteiger partial charge in [-0.3, -0.25) is 14.3 Å². The number of carbonyl (C=O) groups excluding carboxylic acids is 2. The predicted octanol–water partition coefficient (Wildman–Crippen LogP) is 1.50. The Morgan fingerprint density at radius 3 is 2.86 bits per heavy atom. The van der Waals surface area contributed by atoms with E-state index in [4.69, 9.17) is 19.3 Å². The molecule has 3 aliphatic heterocycles. The minimum absolute atomic E-state index is 0.0309. The fourth-order valence-corrected chi connectivity index (χ4v) is 4.62. The molecule has 8 heteroatoms. The zero-order valence-electron chi connectivity index (χ0n) is 17.2. The topological polar surface area (TPSA) is 91.7 Å². The number of esters is 1. The molecule has 0 bridgehead atoms. The Balaban J connectivity index is 1.44. The summed E-state index contributed by atoms with van der Waals surface area (Å²) < 4.78 is 18.1. The lowest BCUT2D eigenvalue weighted by molar-refractivity contribution is -0.148. The molecule has 1 unspecified atom stereocenters. The summed E-state index contributed by atoms with van der Waals surface area (Å²) in [6.45, 7) is 6.30. The summed E-state index contributed by atoms with van der Waals surface area (Å²) in [4.78, 5) is 24.9. The number of aryl methyl sites for hydroxylation is 2. The summed E-state index contributed by atoms with van der Waals surface area (Å²) >= 11 is 0. The second-order valence-corrected chi connectivity index (χ2v) is 8.39. The van der Waals surface area contributed by atoms with Gasteiger partial charge in [-0.1, -0.05) is 0 Å². The van der Waals surface area contributed by atoms with E-state index in [0.29, 0.717) is 51.4 Å². The van der Waals surface area contributed by atoms with Gasteiger partial charge in [0.15, 0.2) is 0 Å². The van der Waals surface area contributed by atoms with Crippen LogP contribution in [0.3, 0.4) is 0 Å². The van der Waals surface area contributed by atoms with Crippen molar-refractivity contribution in [2.24, 2.45) is 11.3 Å². The number of aromatic nitrogens is 2. The first-order chi connectivity index (χ1) is 14.1. The zero-order valence-corrected chi connectivity index (χ0v) is 17.2. The molecule has 3 aliphatic rings. The van der Waals surface area contributed by atoms with Crippen LogP contribution in [0.5, 0.6) is 0 Å². The van der Waals surface area contributed by atoms with Gasteiger partial charge < -0.3 is 19.5 Å². The van der Waals surface area contributed by atoms with E-state index in [1.54, 1.807) is 0 Å². The SMILES string of the molecule is CCn1nc(CCCOC(=O)C2CCOC2)c2c1C(=O)NCC1(CCOCC1)C2. The van der Waals surface area contributed by atoms with E-state index in [-0.39, 0.29) is 23.2 Å². The van der Waals surface area contributed by atoms with Crippen LogP contribution in [-0.2, 0) is 38.4 Å². The standard InChI is InChI=1S/C21H31N3O5/c1-2-24-18-16(12-21(14-22-19(18)25)6-10-27-11-7-21)17(23-24)4-3-8-29-20(26)15-5-9-28-13-15/h15H,2-14H2,1H3,(H,22,25). The number of rotatable bonds is 6. The number of nitrogens with zero attached hydrogens (tertiary/aromatic N) is 2. The molecule has 1 N–H and O–H groups in total. The van der Waals surface area contributed by atoms with Crippen LogP contribution in [0.25, 0.3) is 0 Å². The zero-order chi connectivity index (χ0) is 20.3. The molecule has 29 heavy (non-hydrogen) atoms. The first-order valence-corrected chi connectivity index (χ1v) is 10.8. The van der Waals surface area contributed by atoms with Gasteiger partial charge in [0.2, 0.25) is 0 Å². The van der Waals surface area contributed by atoms with Crippen LogP contribution in [-0.4, -0.2) is 61.2 Å². The molecule has 1 atom stereocenters. The van der Waals surface area contributed by atoms with E-state index in [2.05, 4.69) is 5.32 Å². The van der Waals surface area contributed by atoms with Crippen LogP contribution in [0.15, 0.2) is 0 Å². The number of carbonyl (C=O) groups is 2. The van der Waals surface area contributed by atoms with E-state index in [9.17, 15) is 9.59 Å². The number of hydrogen-bond acceptors (Lipinski definition) is 6. The number of ether oxygens (including phenoxy) is 3. The second-order valence-electron chi connectivity index (χ2n) is 8.39. The van der Waals surface area contributed by atoms with Gasteiger partial charge in [-0.05, 0) is 50.9 Å². The molecular weight excluding hydrogens is 374 g/mol. The van der Waals surface area contributed by atoms with Crippen LogP contribution < -0.4 is 5.32 Å². The van der Waals surface area contributed by atoms with E-state index in [0.717, 1.165) is 50.2 Å². The van der Waals surface area contributed by atoms with Crippen LogP contribution in [0.2, 0.25) is 0 Å². The molecule has 1 aromatic rings. The van der Waals surface area contributed by atoms with Gasteiger partial charge in [-0.25, -0.2) is 0 Å². The van der Waals surface area contributed by atoms with Crippen molar-refractivity contribution in [1.82, 2.24) is 15.1 Å². The maximum absolute atomic E-state index is 12.8. The first kappa shape index (κ1) is 20.3. The molecule has 0 aliphatic carbocycles. The minimum Gasteiger partial charge on any atom is -0.465 e. The molecule has 8 nitrogen and oxygen atoms in total. The molecule has 1 spiro atoms. The highest BCUT2D eigenvalue weighted by Crippen LogP contribution is 2.37. The normalized spacial score (nSPS) is 23.5. The van der Waals surface area contributed by atoms with Crippen molar-refractivity contribution >= 4 is 11.9 Å². The van der Waals surface area contributed by atoms with Crippen LogP contribution in [0, 0.1) is 11.3 Å². The van der Waals surface area contributed by atoms with E-state index in [1.807, 2.05) is 11.6 Å². The van der Waals surface area contributed by atoms with Gasteiger partial charge in [0.25, 0.3) is 5.91 Å². The fraction of sp³-hybridized carbons (Fsp3) is 0.762. The average molecular weight is 405 g/mol. The Morgan fingerprint density at radius 2 is 2.14 bits per heavy atom. The highest BCUT2D eigenvalue weighted by atomic mass is 16.5. The fourth-order valence-electron chi connectivity index (χ4n) is 4.62. The largest absolute Gasteiger partial charge is 0.465 e. The number of hydrogen-bond donors (Lipinski definition) is 1. The number of nitrogens with one attached hydrogen (secondary N) is 1. The molecule has 4 heterocycles. The molecule has 0 aromatic carbocycles. The van der Waals surface area contributed by atoms with Crippen molar-refractivity contribution in [3.63, 3.8) is 0 Å². The maximum atomic E-state index is 12.8. The Morgan fingerprint density at radius 1 is 1.31 bits per heavy atom. The maximum Gasteiger partial charge on any atom is 0.311 e. The lowest BCUT2D eigenvalue weighted by Gasteiger charge is -2.36. The van der Waals surface area contributed by atoms with Gasteiger partial charge in [-0.15, -0.1) is 0 Å². The quantitative estimate of drug-likeness (QED) is 0.570. The van der Waals surface area contributed by atoms with Crippen LogP contribution >= 0.6 is 0 Å². The Hall–Kier alpha value is -1.93. The predicted molar refractivity (Wildman–Crippen MR) is 105 cm³/mol. The van der Waals surface area contributed by atoms with Gasteiger partial charge >= 0.3 is 5.97 Å². The summed E-state index contributed by atoms with van der Waals surface area (Å²) in [6, 6.07) is 0. The third-order valence-corrected chi connectivity index (χ3v) is 6.44. The van der Waals surface area contributed by atoms with Crippen molar-refractivity contribution < 1.29 is 23.8 Å².